The van der Waals surface area contributed by atoms with Crippen LogP contribution < -0.4 is 15.5 Å². The summed E-state index contributed by atoms with van der Waals surface area (Å²) < 4.78 is 11.0. The smallest absolute Gasteiger partial charge is 0.341 e. The van der Waals surface area contributed by atoms with Crippen LogP contribution in [0.25, 0.3) is 0 Å². The number of esters is 1. The number of aryl methyl sites for hydroxylation is 1. The zero-order chi connectivity index (χ0) is 27.1. The summed E-state index contributed by atoms with van der Waals surface area (Å²) in [4.78, 5) is 38.7. The molecule has 0 atom stereocenters. The molecule has 0 radical (unpaired) electrons. The lowest BCUT2D eigenvalue weighted by molar-refractivity contribution is -0.136. The number of ether oxygens (including phenoxy) is 2. The van der Waals surface area contributed by atoms with Crippen molar-refractivity contribution >= 4 is 51.4 Å². The number of carbonyl (C=O) groups is 3. The Labute approximate surface area is 230 Å². The summed E-state index contributed by atoms with van der Waals surface area (Å²) in [6.45, 7) is 4.07. The number of carbonyl (C=O) groups excluding carboxylic acids is 3. The third kappa shape index (κ3) is 6.79. The van der Waals surface area contributed by atoms with Gasteiger partial charge in [0.05, 0.1) is 17.9 Å². The van der Waals surface area contributed by atoms with Gasteiger partial charge in [0.15, 0.2) is 0 Å². The molecule has 0 saturated heterocycles. The summed E-state index contributed by atoms with van der Waals surface area (Å²) in [6.07, 6.45) is 3.57. The molecule has 38 heavy (non-hydrogen) atoms. The van der Waals surface area contributed by atoms with Gasteiger partial charge in [0.2, 0.25) is 0 Å². The molecule has 3 aromatic rings. The number of anilines is 1. The van der Waals surface area contributed by atoms with Crippen molar-refractivity contribution in [2.75, 3.05) is 11.9 Å². The van der Waals surface area contributed by atoms with Crippen molar-refractivity contribution < 1.29 is 23.9 Å². The quantitative estimate of drug-likeness (QED) is 0.165. The Morgan fingerprint density at radius 2 is 1.71 bits per heavy atom. The number of nitrogens with zero attached hydrogens (tertiary/aromatic N) is 1. The second-order valence-electron chi connectivity index (χ2n) is 8.67. The Hall–Kier alpha value is -3.69. The predicted octanol–water partition coefficient (Wildman–Crippen LogP) is 5.51. The van der Waals surface area contributed by atoms with Gasteiger partial charge in [-0.25, -0.2) is 10.2 Å². The molecule has 2 aromatic carbocycles. The topological polar surface area (TPSA) is 106 Å². The number of benzene rings is 2. The van der Waals surface area contributed by atoms with E-state index in [0.717, 1.165) is 47.3 Å². The summed E-state index contributed by atoms with van der Waals surface area (Å²) in [6, 6.07) is 14.6. The Bertz CT molecular complexity index is 1350. The summed E-state index contributed by atoms with van der Waals surface area (Å²) in [5.74, 6) is -1.65. The number of rotatable bonds is 8. The molecule has 198 valence electrons. The third-order valence-corrected chi connectivity index (χ3v) is 7.46. The van der Waals surface area contributed by atoms with Gasteiger partial charge in [-0.1, -0.05) is 23.7 Å². The molecule has 1 aromatic heterocycles. The first-order valence-corrected chi connectivity index (χ1v) is 13.5. The summed E-state index contributed by atoms with van der Waals surface area (Å²) in [5.41, 5.74) is 5.80. The van der Waals surface area contributed by atoms with Crippen molar-refractivity contribution in [2.45, 2.75) is 46.1 Å². The number of nitrogens with one attached hydrogen (secondary N) is 2. The molecular weight excluding hydrogens is 526 g/mol. The van der Waals surface area contributed by atoms with E-state index in [1.807, 2.05) is 36.4 Å². The van der Waals surface area contributed by atoms with Crippen LogP contribution in [-0.2, 0) is 33.8 Å². The maximum Gasteiger partial charge on any atom is 0.341 e. The molecular formula is C28H28ClN3O5S. The van der Waals surface area contributed by atoms with E-state index in [2.05, 4.69) is 15.8 Å². The van der Waals surface area contributed by atoms with Crippen molar-refractivity contribution in [3.8, 4) is 5.75 Å². The van der Waals surface area contributed by atoms with E-state index in [-0.39, 0.29) is 6.61 Å². The number of amides is 2. The number of thiophene rings is 1. The molecule has 0 unspecified atom stereocenters. The van der Waals surface area contributed by atoms with E-state index < -0.39 is 17.8 Å². The Morgan fingerprint density at radius 3 is 2.42 bits per heavy atom. The lowest BCUT2D eigenvalue weighted by Crippen LogP contribution is -2.33. The highest BCUT2D eigenvalue weighted by atomic mass is 35.5. The SMILES string of the molecule is CCOC(=O)c1c(NC(=O)C(=O)NN=C(C)c2ccc(OCc3ccc(Cl)cc3)cc2)sc2c1CCCC2. The van der Waals surface area contributed by atoms with Gasteiger partial charge in [-0.2, -0.15) is 5.10 Å². The fraction of sp³-hybridized carbons (Fsp3) is 0.286. The molecule has 2 amide bonds. The van der Waals surface area contributed by atoms with Gasteiger partial charge in [0.1, 0.15) is 17.4 Å². The lowest BCUT2D eigenvalue weighted by atomic mass is 9.95. The number of hydrazone groups is 1. The molecule has 1 aliphatic carbocycles. The summed E-state index contributed by atoms with van der Waals surface area (Å²) in [7, 11) is 0. The van der Waals surface area contributed by atoms with Gasteiger partial charge in [0, 0.05) is 9.90 Å². The Balaban J connectivity index is 1.35. The minimum atomic E-state index is -0.937. The largest absolute Gasteiger partial charge is 0.489 e. The van der Waals surface area contributed by atoms with Crippen LogP contribution in [0.15, 0.2) is 53.6 Å². The van der Waals surface area contributed by atoms with Crippen LogP contribution in [0.2, 0.25) is 5.02 Å². The van der Waals surface area contributed by atoms with Crippen LogP contribution in [0.3, 0.4) is 0 Å². The highest BCUT2D eigenvalue weighted by Gasteiger charge is 2.28. The normalized spacial score (nSPS) is 12.9. The Kier molecular flexibility index (Phi) is 9.15. The molecule has 10 heteroatoms. The molecule has 1 aliphatic rings. The maximum atomic E-state index is 12.6. The molecule has 2 N–H and O–H groups in total. The van der Waals surface area contributed by atoms with Crippen molar-refractivity contribution in [2.24, 2.45) is 5.10 Å². The molecule has 8 nitrogen and oxygen atoms in total. The maximum absolute atomic E-state index is 12.6. The number of halogens is 1. The predicted molar refractivity (Wildman–Crippen MR) is 148 cm³/mol. The van der Waals surface area contributed by atoms with Crippen LogP contribution in [0.4, 0.5) is 5.00 Å². The standard InChI is InChI=1S/C28H28ClN3O5S/c1-3-36-28(35)24-22-6-4-5-7-23(22)38-27(24)30-25(33)26(34)32-31-17(2)19-10-14-21(15-11-19)37-16-18-8-12-20(29)13-9-18/h8-15H,3-7,16H2,1-2H3,(H,30,33)(H,32,34). The zero-order valence-corrected chi connectivity index (χ0v) is 22.7. The van der Waals surface area contributed by atoms with Crippen LogP contribution >= 0.6 is 22.9 Å². The molecule has 1 heterocycles. The van der Waals surface area contributed by atoms with E-state index in [4.69, 9.17) is 21.1 Å². The monoisotopic (exact) mass is 553 g/mol. The molecule has 4 rings (SSSR count). The fourth-order valence-corrected chi connectivity index (χ4v) is 5.42. The van der Waals surface area contributed by atoms with Crippen molar-refractivity contribution in [1.82, 2.24) is 5.43 Å². The van der Waals surface area contributed by atoms with Gasteiger partial charge >= 0.3 is 17.8 Å². The molecule has 0 fully saturated rings. The second-order valence-corrected chi connectivity index (χ2v) is 10.2. The molecule has 0 aliphatic heterocycles. The van der Waals surface area contributed by atoms with E-state index >= 15 is 0 Å². The number of fused-ring (bicyclic) bond motifs is 1. The minimum absolute atomic E-state index is 0.223. The van der Waals surface area contributed by atoms with Crippen LogP contribution in [0.1, 0.15) is 58.6 Å². The van der Waals surface area contributed by atoms with Gasteiger partial charge < -0.3 is 14.8 Å². The highest BCUT2D eigenvalue weighted by molar-refractivity contribution is 7.17. The average molecular weight is 554 g/mol. The third-order valence-electron chi connectivity index (χ3n) is 6.00. The first-order valence-electron chi connectivity index (χ1n) is 12.3. The number of hydrogen-bond donors (Lipinski definition) is 2. The van der Waals surface area contributed by atoms with Gasteiger partial charge in [0.25, 0.3) is 0 Å². The lowest BCUT2D eigenvalue weighted by Gasteiger charge is -2.12. The van der Waals surface area contributed by atoms with E-state index in [0.29, 0.717) is 33.7 Å². The van der Waals surface area contributed by atoms with Crippen LogP contribution in [0, 0.1) is 0 Å². The van der Waals surface area contributed by atoms with E-state index in [1.165, 1.54) is 11.3 Å². The van der Waals surface area contributed by atoms with Gasteiger partial charge in [-0.15, -0.1) is 11.3 Å². The van der Waals surface area contributed by atoms with E-state index in [1.54, 1.807) is 26.0 Å². The molecule has 0 spiro atoms. The zero-order valence-electron chi connectivity index (χ0n) is 21.1. The van der Waals surface area contributed by atoms with E-state index in [9.17, 15) is 14.4 Å². The average Bonchev–Trinajstić information content (AvgIpc) is 3.29. The van der Waals surface area contributed by atoms with Crippen molar-refractivity contribution in [1.29, 1.82) is 0 Å². The van der Waals surface area contributed by atoms with Crippen molar-refractivity contribution in [3.05, 3.63) is 80.7 Å². The van der Waals surface area contributed by atoms with Gasteiger partial charge in [-0.05, 0) is 92.6 Å². The molecule has 0 saturated carbocycles. The summed E-state index contributed by atoms with van der Waals surface area (Å²) in [5, 5.41) is 7.65. The summed E-state index contributed by atoms with van der Waals surface area (Å²) >= 11 is 7.23. The minimum Gasteiger partial charge on any atom is -0.489 e. The first-order chi connectivity index (χ1) is 18.4. The number of hydrogen-bond acceptors (Lipinski definition) is 7. The highest BCUT2D eigenvalue weighted by Crippen LogP contribution is 2.38. The van der Waals surface area contributed by atoms with Crippen LogP contribution in [-0.4, -0.2) is 30.1 Å². The Morgan fingerprint density at radius 1 is 1.00 bits per heavy atom. The first kappa shape index (κ1) is 27.3. The van der Waals surface area contributed by atoms with Crippen LogP contribution in [0.5, 0.6) is 5.75 Å². The van der Waals surface area contributed by atoms with Crippen molar-refractivity contribution in [3.63, 3.8) is 0 Å². The second kappa shape index (κ2) is 12.7. The molecule has 0 bridgehead atoms. The fourth-order valence-electron chi connectivity index (χ4n) is 4.02. The van der Waals surface area contributed by atoms with Gasteiger partial charge in [-0.3, -0.25) is 9.59 Å².